The highest BCUT2D eigenvalue weighted by molar-refractivity contribution is 6.32. The van der Waals surface area contributed by atoms with E-state index in [2.05, 4.69) is 11.4 Å². The van der Waals surface area contributed by atoms with Crippen molar-refractivity contribution in [1.29, 1.82) is 0 Å². The van der Waals surface area contributed by atoms with Gasteiger partial charge in [-0.1, -0.05) is 47.5 Å². The Balaban J connectivity index is 1.96. The maximum atomic E-state index is 13.1. The monoisotopic (exact) mass is 309 g/mol. The van der Waals surface area contributed by atoms with E-state index >= 15 is 0 Å². The second-order valence-corrected chi connectivity index (χ2v) is 6.09. The SMILES string of the molecule is Fc1ccc(CC2(c3ccccc3Cl)CNC2)c(Cl)c1. The second kappa shape index (κ2) is 5.36. The van der Waals surface area contributed by atoms with Gasteiger partial charge in [0.2, 0.25) is 0 Å². The summed E-state index contributed by atoms with van der Waals surface area (Å²) < 4.78 is 13.1. The van der Waals surface area contributed by atoms with Gasteiger partial charge in [0.05, 0.1) is 0 Å². The van der Waals surface area contributed by atoms with Crippen LogP contribution in [-0.4, -0.2) is 13.1 Å². The van der Waals surface area contributed by atoms with Crippen LogP contribution in [0.2, 0.25) is 10.0 Å². The lowest BCUT2D eigenvalue weighted by molar-refractivity contribution is 0.275. The van der Waals surface area contributed by atoms with Gasteiger partial charge in [-0.2, -0.15) is 0 Å². The number of benzene rings is 2. The summed E-state index contributed by atoms with van der Waals surface area (Å²) in [6, 6.07) is 12.5. The van der Waals surface area contributed by atoms with Crippen LogP contribution in [0.15, 0.2) is 42.5 Å². The second-order valence-electron chi connectivity index (χ2n) is 5.28. The van der Waals surface area contributed by atoms with Gasteiger partial charge >= 0.3 is 0 Å². The Morgan fingerprint density at radius 2 is 1.80 bits per heavy atom. The molecule has 104 valence electrons. The molecule has 1 aliphatic heterocycles. The van der Waals surface area contributed by atoms with E-state index in [1.807, 2.05) is 18.2 Å². The number of hydrogen-bond donors (Lipinski definition) is 1. The van der Waals surface area contributed by atoms with Crippen molar-refractivity contribution < 1.29 is 4.39 Å². The molecular weight excluding hydrogens is 296 g/mol. The minimum Gasteiger partial charge on any atom is -0.315 e. The Bertz CT molecular complexity index is 638. The summed E-state index contributed by atoms with van der Waals surface area (Å²) in [7, 11) is 0. The van der Waals surface area contributed by atoms with Crippen molar-refractivity contribution >= 4 is 23.2 Å². The molecule has 1 saturated heterocycles. The molecule has 0 unspecified atom stereocenters. The number of nitrogens with one attached hydrogen (secondary N) is 1. The Labute approximate surface area is 127 Å². The first-order chi connectivity index (χ1) is 9.61. The van der Waals surface area contributed by atoms with Crippen LogP contribution in [0.3, 0.4) is 0 Å². The van der Waals surface area contributed by atoms with Crippen molar-refractivity contribution in [3.63, 3.8) is 0 Å². The largest absolute Gasteiger partial charge is 0.315 e. The molecule has 0 radical (unpaired) electrons. The normalized spacial score (nSPS) is 16.8. The van der Waals surface area contributed by atoms with Crippen LogP contribution in [0.4, 0.5) is 4.39 Å². The van der Waals surface area contributed by atoms with Crippen molar-refractivity contribution in [2.24, 2.45) is 0 Å². The van der Waals surface area contributed by atoms with Crippen molar-refractivity contribution in [1.82, 2.24) is 5.32 Å². The zero-order valence-corrected chi connectivity index (χ0v) is 12.3. The third-order valence-corrected chi connectivity index (χ3v) is 4.60. The molecule has 4 heteroatoms. The highest BCUT2D eigenvalue weighted by Gasteiger charge is 2.40. The zero-order valence-electron chi connectivity index (χ0n) is 10.8. The average molecular weight is 310 g/mol. The van der Waals surface area contributed by atoms with E-state index in [4.69, 9.17) is 23.2 Å². The maximum Gasteiger partial charge on any atom is 0.124 e. The van der Waals surface area contributed by atoms with E-state index < -0.39 is 0 Å². The van der Waals surface area contributed by atoms with Gasteiger partial charge in [-0.05, 0) is 35.7 Å². The van der Waals surface area contributed by atoms with Crippen LogP contribution in [0, 0.1) is 5.82 Å². The van der Waals surface area contributed by atoms with Crippen molar-refractivity contribution in [3.05, 3.63) is 69.5 Å². The summed E-state index contributed by atoms with van der Waals surface area (Å²) in [6.45, 7) is 1.70. The van der Waals surface area contributed by atoms with Crippen molar-refractivity contribution in [2.45, 2.75) is 11.8 Å². The Morgan fingerprint density at radius 3 is 2.40 bits per heavy atom. The molecule has 0 atom stereocenters. The van der Waals surface area contributed by atoms with E-state index in [1.54, 1.807) is 6.07 Å². The third kappa shape index (κ3) is 2.44. The molecule has 0 spiro atoms. The fourth-order valence-corrected chi connectivity index (χ4v) is 3.33. The molecule has 0 amide bonds. The van der Waals surface area contributed by atoms with Gasteiger partial charge < -0.3 is 5.32 Å². The first-order valence-electron chi connectivity index (χ1n) is 6.50. The maximum absolute atomic E-state index is 13.1. The Kier molecular flexibility index (Phi) is 3.72. The zero-order chi connectivity index (χ0) is 14.2. The molecule has 1 aliphatic rings. The molecule has 2 aromatic carbocycles. The number of hydrogen-bond acceptors (Lipinski definition) is 1. The highest BCUT2D eigenvalue weighted by Crippen LogP contribution is 2.38. The first kappa shape index (κ1) is 13.9. The topological polar surface area (TPSA) is 12.0 Å². The van der Waals surface area contributed by atoms with E-state index in [0.29, 0.717) is 5.02 Å². The fourth-order valence-electron chi connectivity index (χ4n) is 2.76. The van der Waals surface area contributed by atoms with Crippen LogP contribution < -0.4 is 5.32 Å². The molecule has 3 rings (SSSR count). The van der Waals surface area contributed by atoms with E-state index in [1.165, 1.54) is 12.1 Å². The van der Waals surface area contributed by atoms with Gasteiger partial charge in [0.1, 0.15) is 5.82 Å². The molecule has 1 nitrogen and oxygen atoms in total. The summed E-state index contributed by atoms with van der Waals surface area (Å²) in [4.78, 5) is 0. The van der Waals surface area contributed by atoms with Gasteiger partial charge in [0.25, 0.3) is 0 Å². The summed E-state index contributed by atoms with van der Waals surface area (Å²) in [5.41, 5.74) is 2.02. The molecule has 0 aliphatic carbocycles. The molecule has 1 heterocycles. The number of rotatable bonds is 3. The van der Waals surface area contributed by atoms with E-state index in [-0.39, 0.29) is 11.2 Å². The molecule has 0 saturated carbocycles. The molecule has 2 aromatic rings. The lowest BCUT2D eigenvalue weighted by atomic mass is 9.71. The van der Waals surface area contributed by atoms with Gasteiger partial charge in [0.15, 0.2) is 0 Å². The van der Waals surface area contributed by atoms with Crippen LogP contribution in [0.25, 0.3) is 0 Å². The van der Waals surface area contributed by atoms with Crippen LogP contribution >= 0.6 is 23.2 Å². The molecule has 1 fully saturated rings. The van der Waals surface area contributed by atoms with Gasteiger partial charge in [0, 0.05) is 28.5 Å². The predicted octanol–water partition coefficient (Wildman–Crippen LogP) is 4.22. The molecular formula is C16H14Cl2FN. The van der Waals surface area contributed by atoms with Crippen LogP contribution in [0.1, 0.15) is 11.1 Å². The molecule has 0 bridgehead atoms. The van der Waals surface area contributed by atoms with E-state index in [0.717, 1.165) is 35.7 Å². The lowest BCUT2D eigenvalue weighted by Gasteiger charge is -2.44. The van der Waals surface area contributed by atoms with Crippen LogP contribution in [0.5, 0.6) is 0 Å². The summed E-state index contributed by atoms with van der Waals surface area (Å²) in [5.74, 6) is -0.308. The smallest absolute Gasteiger partial charge is 0.124 e. The summed E-state index contributed by atoms with van der Waals surface area (Å²) in [5, 5.41) is 4.55. The minimum absolute atomic E-state index is 0.0557. The third-order valence-electron chi connectivity index (χ3n) is 3.92. The lowest BCUT2D eigenvalue weighted by Crippen LogP contribution is -2.58. The van der Waals surface area contributed by atoms with Gasteiger partial charge in [-0.15, -0.1) is 0 Å². The quantitative estimate of drug-likeness (QED) is 0.895. The van der Waals surface area contributed by atoms with Gasteiger partial charge in [-0.3, -0.25) is 0 Å². The standard InChI is InChI=1S/C16H14Cl2FN/c17-14-4-2-1-3-13(14)16(9-20-10-16)8-11-5-6-12(19)7-15(11)18/h1-7,20H,8-10H2. The number of halogens is 3. The summed E-state index contributed by atoms with van der Waals surface area (Å²) >= 11 is 12.5. The predicted molar refractivity (Wildman–Crippen MR) is 81.1 cm³/mol. The van der Waals surface area contributed by atoms with E-state index in [9.17, 15) is 4.39 Å². The fraction of sp³-hybridized carbons (Fsp3) is 0.250. The Morgan fingerprint density at radius 1 is 1.05 bits per heavy atom. The van der Waals surface area contributed by atoms with Crippen LogP contribution in [-0.2, 0) is 11.8 Å². The molecule has 1 N–H and O–H groups in total. The molecule has 0 aromatic heterocycles. The first-order valence-corrected chi connectivity index (χ1v) is 7.26. The average Bonchev–Trinajstić information content (AvgIpc) is 2.37. The molecule has 20 heavy (non-hydrogen) atoms. The Hall–Kier alpha value is -1.09. The van der Waals surface area contributed by atoms with Gasteiger partial charge in [-0.25, -0.2) is 4.39 Å². The highest BCUT2D eigenvalue weighted by atomic mass is 35.5. The minimum atomic E-state index is -0.308. The summed E-state index contributed by atoms with van der Waals surface area (Å²) in [6.07, 6.45) is 0.753. The van der Waals surface area contributed by atoms with Crippen molar-refractivity contribution in [3.8, 4) is 0 Å². The van der Waals surface area contributed by atoms with Crippen molar-refractivity contribution in [2.75, 3.05) is 13.1 Å².